The van der Waals surface area contributed by atoms with Gasteiger partial charge < -0.3 is 53.4 Å². The van der Waals surface area contributed by atoms with E-state index in [-0.39, 0.29) is 121 Å². The molecular formula is C37H58N8O14. The Kier molecular flexibility index (Phi) is 24.2. The van der Waals surface area contributed by atoms with Gasteiger partial charge in [0.15, 0.2) is 0 Å². The van der Waals surface area contributed by atoms with Gasteiger partial charge in [-0.05, 0) is 27.7 Å². The standard InChI is InChI=1S/C37H58N8O14/c1-25(2)31(48)56-15-11-52-21-40-37(19-29(46)38-9)42-35(44(20-30(47)39-10)22-53-12-16-57-32(49)26(3)4)41-36(43-37)45(23-54-13-17-58-33(50)27(5)6)24-55-14-18-59-34(51)28(7)8/h40H,1,3,5,7,11-24H2,2,4,6,8-10H3,(H,38,46)(H,39,47)(H,41,42,43). The van der Waals surface area contributed by atoms with Crippen molar-refractivity contribution in [2.24, 2.45) is 9.98 Å². The maximum Gasteiger partial charge on any atom is 0.333 e. The lowest BCUT2D eigenvalue weighted by Crippen LogP contribution is -2.61. The lowest BCUT2D eigenvalue weighted by molar-refractivity contribution is -0.142. The van der Waals surface area contributed by atoms with Crippen LogP contribution in [0.1, 0.15) is 34.1 Å². The zero-order chi connectivity index (χ0) is 44.4. The van der Waals surface area contributed by atoms with E-state index >= 15 is 0 Å². The normalized spacial score (nSPS) is 14.3. The molecule has 0 aromatic rings. The minimum atomic E-state index is -1.84. The zero-order valence-corrected chi connectivity index (χ0v) is 34.7. The fraction of sp³-hybridized carbons (Fsp3) is 0.568. The Morgan fingerprint density at radius 3 is 1.29 bits per heavy atom. The molecule has 4 N–H and O–H groups in total. The van der Waals surface area contributed by atoms with E-state index in [0.717, 1.165) is 0 Å². The van der Waals surface area contributed by atoms with Crippen LogP contribution in [0, 0.1) is 0 Å². The van der Waals surface area contributed by atoms with Gasteiger partial charge in [-0.3, -0.25) is 25.1 Å². The summed E-state index contributed by atoms with van der Waals surface area (Å²) in [5.41, 5.74) is 0.821. The fourth-order valence-electron chi connectivity index (χ4n) is 3.99. The SMILES string of the molecule is C=C(C)C(=O)OCCOCNC1(CC(=O)NC)N=C(N(COCCOC(=O)C(=C)C)COCCOC(=O)C(=C)C)NC(N(COCCOC(=O)C(=C)C)CC(=O)NC)=N1. The van der Waals surface area contributed by atoms with Crippen LogP contribution in [-0.4, -0.2) is 164 Å². The Labute approximate surface area is 344 Å². The maximum atomic E-state index is 13.1. The first kappa shape index (κ1) is 51.3. The summed E-state index contributed by atoms with van der Waals surface area (Å²) in [6.45, 7) is 18.0. The lowest BCUT2D eigenvalue weighted by Gasteiger charge is -2.38. The Hall–Kier alpha value is -5.68. The van der Waals surface area contributed by atoms with Gasteiger partial charge in [0, 0.05) is 36.4 Å². The monoisotopic (exact) mass is 838 g/mol. The maximum absolute atomic E-state index is 13.1. The van der Waals surface area contributed by atoms with E-state index in [1.165, 1.54) is 51.6 Å². The van der Waals surface area contributed by atoms with E-state index in [2.05, 4.69) is 47.6 Å². The van der Waals surface area contributed by atoms with E-state index in [1.54, 1.807) is 0 Å². The number of hydrogen-bond acceptors (Lipinski definition) is 20. The zero-order valence-electron chi connectivity index (χ0n) is 34.7. The number of nitrogens with zero attached hydrogens (tertiary/aromatic N) is 4. The van der Waals surface area contributed by atoms with E-state index in [0.29, 0.717) is 0 Å². The van der Waals surface area contributed by atoms with Crippen LogP contribution >= 0.6 is 0 Å². The predicted molar refractivity (Wildman–Crippen MR) is 212 cm³/mol. The first-order valence-electron chi connectivity index (χ1n) is 18.2. The summed E-state index contributed by atoms with van der Waals surface area (Å²) in [6, 6.07) is 0. The number of nitrogens with one attached hydrogen (secondary N) is 4. The highest BCUT2D eigenvalue weighted by Crippen LogP contribution is 2.21. The molecule has 0 aromatic heterocycles. The van der Waals surface area contributed by atoms with Crippen molar-refractivity contribution >= 4 is 47.6 Å². The number of carbonyl (C=O) groups is 6. The van der Waals surface area contributed by atoms with Crippen molar-refractivity contribution in [3.63, 3.8) is 0 Å². The van der Waals surface area contributed by atoms with E-state index < -0.39 is 47.9 Å². The molecule has 22 nitrogen and oxygen atoms in total. The summed E-state index contributed by atoms with van der Waals surface area (Å²) in [5, 5.41) is 11.1. The van der Waals surface area contributed by atoms with Crippen LogP contribution in [-0.2, 0) is 66.7 Å². The quantitative estimate of drug-likeness (QED) is 0.0241. The van der Waals surface area contributed by atoms with Gasteiger partial charge in [-0.1, -0.05) is 26.3 Å². The van der Waals surface area contributed by atoms with Crippen LogP contribution < -0.4 is 21.3 Å². The van der Waals surface area contributed by atoms with Crippen molar-refractivity contribution in [1.29, 1.82) is 0 Å². The van der Waals surface area contributed by atoms with Crippen molar-refractivity contribution in [2.45, 2.75) is 39.9 Å². The van der Waals surface area contributed by atoms with Crippen LogP contribution in [0.5, 0.6) is 0 Å². The van der Waals surface area contributed by atoms with Gasteiger partial charge >= 0.3 is 23.9 Å². The van der Waals surface area contributed by atoms with Crippen LogP contribution in [0.4, 0.5) is 0 Å². The summed E-state index contributed by atoms with van der Waals surface area (Å²) in [5.74, 6) is -5.25. The number of esters is 4. The number of hydrogen-bond donors (Lipinski definition) is 4. The lowest BCUT2D eigenvalue weighted by atomic mass is 10.2. The van der Waals surface area contributed by atoms with Gasteiger partial charge in [0.05, 0.1) is 39.6 Å². The highest BCUT2D eigenvalue weighted by molar-refractivity contribution is 6.01. The molecule has 0 saturated heterocycles. The topological polar surface area (TPSA) is 256 Å². The molecule has 0 radical (unpaired) electrons. The predicted octanol–water partition coefficient (Wildman–Crippen LogP) is -0.595. The van der Waals surface area contributed by atoms with Gasteiger partial charge in [-0.2, -0.15) is 0 Å². The van der Waals surface area contributed by atoms with Gasteiger partial charge in [0.1, 0.15) is 53.2 Å². The second-order valence-corrected chi connectivity index (χ2v) is 12.6. The van der Waals surface area contributed by atoms with E-state index in [9.17, 15) is 28.8 Å². The molecule has 1 atom stereocenters. The Bertz CT molecular complexity index is 1550. The second kappa shape index (κ2) is 27.9. The van der Waals surface area contributed by atoms with Gasteiger partial charge in [0.25, 0.3) is 0 Å². The molecule has 0 aliphatic carbocycles. The third-order valence-electron chi connectivity index (χ3n) is 7.14. The van der Waals surface area contributed by atoms with Gasteiger partial charge in [-0.25, -0.2) is 29.2 Å². The molecule has 2 amide bonds. The summed E-state index contributed by atoms with van der Waals surface area (Å²) in [6.07, 6.45) is -0.416. The van der Waals surface area contributed by atoms with Crippen LogP contribution in [0.2, 0.25) is 0 Å². The van der Waals surface area contributed by atoms with Gasteiger partial charge in [-0.15, -0.1) is 0 Å². The third kappa shape index (κ3) is 21.1. The van der Waals surface area contributed by atoms with E-state index in [4.69, 9.17) is 47.9 Å². The first-order chi connectivity index (χ1) is 27.9. The van der Waals surface area contributed by atoms with Crippen LogP contribution in [0.15, 0.2) is 58.6 Å². The number of rotatable bonds is 29. The van der Waals surface area contributed by atoms with E-state index in [1.807, 2.05) is 0 Å². The molecule has 59 heavy (non-hydrogen) atoms. The minimum Gasteiger partial charge on any atom is -0.460 e. The summed E-state index contributed by atoms with van der Waals surface area (Å²) in [4.78, 5) is 85.6. The molecule has 0 saturated carbocycles. The Morgan fingerprint density at radius 2 is 0.915 bits per heavy atom. The second-order valence-electron chi connectivity index (χ2n) is 12.6. The summed E-state index contributed by atoms with van der Waals surface area (Å²) < 4.78 is 43.4. The van der Waals surface area contributed by atoms with Crippen molar-refractivity contribution in [3.8, 4) is 0 Å². The van der Waals surface area contributed by atoms with Crippen LogP contribution in [0.25, 0.3) is 0 Å². The fourth-order valence-corrected chi connectivity index (χ4v) is 3.99. The molecule has 1 unspecified atom stereocenters. The molecule has 1 heterocycles. The van der Waals surface area contributed by atoms with Crippen molar-refractivity contribution < 1.29 is 66.7 Å². The molecule has 1 aliphatic heterocycles. The summed E-state index contributed by atoms with van der Waals surface area (Å²) >= 11 is 0. The molecule has 1 aliphatic rings. The molecule has 0 fully saturated rings. The molecular weight excluding hydrogens is 780 g/mol. The summed E-state index contributed by atoms with van der Waals surface area (Å²) in [7, 11) is 2.85. The van der Waals surface area contributed by atoms with Gasteiger partial charge in [0.2, 0.25) is 29.5 Å². The molecule has 0 bridgehead atoms. The average Bonchev–Trinajstić information content (AvgIpc) is 3.19. The number of aliphatic imine (C=N–C) groups is 2. The number of ether oxygens (including phenoxy) is 8. The average molecular weight is 839 g/mol. The van der Waals surface area contributed by atoms with Crippen molar-refractivity contribution in [3.05, 3.63) is 48.6 Å². The molecule has 0 aromatic carbocycles. The minimum absolute atomic E-state index is 0.00283. The van der Waals surface area contributed by atoms with Crippen LogP contribution in [0.3, 0.4) is 0 Å². The molecule has 1 rings (SSSR count). The number of likely N-dealkylation sites (N-methyl/N-ethyl adjacent to an activating group) is 1. The number of amides is 2. The smallest absolute Gasteiger partial charge is 0.333 e. The highest BCUT2D eigenvalue weighted by Gasteiger charge is 2.39. The van der Waals surface area contributed by atoms with Crippen molar-refractivity contribution in [2.75, 3.05) is 100 Å². The Morgan fingerprint density at radius 1 is 0.559 bits per heavy atom. The first-order valence-corrected chi connectivity index (χ1v) is 18.2. The largest absolute Gasteiger partial charge is 0.460 e. The number of carbonyl (C=O) groups excluding carboxylic acids is 6. The third-order valence-corrected chi connectivity index (χ3v) is 7.14. The molecule has 0 spiro atoms. The number of guanidine groups is 2. The highest BCUT2D eigenvalue weighted by atomic mass is 16.6. The molecule has 22 heteroatoms. The molecule has 330 valence electrons. The Balaban J connectivity index is 3.60. The van der Waals surface area contributed by atoms with Crippen molar-refractivity contribution in [1.82, 2.24) is 31.1 Å².